The van der Waals surface area contributed by atoms with Crippen molar-refractivity contribution in [2.24, 2.45) is 5.41 Å². The van der Waals surface area contributed by atoms with Crippen molar-refractivity contribution in [3.63, 3.8) is 0 Å². The fourth-order valence-corrected chi connectivity index (χ4v) is 3.35. The van der Waals surface area contributed by atoms with E-state index in [1.54, 1.807) is 25.1 Å². The van der Waals surface area contributed by atoms with Crippen LogP contribution in [0, 0.1) is 11.2 Å². The highest BCUT2D eigenvalue weighted by Crippen LogP contribution is 2.36. The van der Waals surface area contributed by atoms with E-state index in [4.69, 9.17) is 0 Å². The summed E-state index contributed by atoms with van der Waals surface area (Å²) in [6.45, 7) is 2.85. The van der Waals surface area contributed by atoms with Gasteiger partial charge in [0, 0.05) is 24.0 Å². The lowest BCUT2D eigenvalue weighted by atomic mass is 9.90. The number of aliphatic carboxylic acids is 1. The molecule has 2 heterocycles. The van der Waals surface area contributed by atoms with E-state index < -0.39 is 11.4 Å². The van der Waals surface area contributed by atoms with Crippen LogP contribution in [0.1, 0.15) is 13.3 Å². The quantitative estimate of drug-likeness (QED) is 0.946. The summed E-state index contributed by atoms with van der Waals surface area (Å²) in [5, 5.41) is 11.8. The normalized spacial score (nSPS) is 21.7. The van der Waals surface area contributed by atoms with Gasteiger partial charge in [0.2, 0.25) is 0 Å². The van der Waals surface area contributed by atoms with Crippen LogP contribution in [0.25, 0.3) is 11.3 Å². The van der Waals surface area contributed by atoms with Crippen molar-refractivity contribution in [1.82, 2.24) is 4.98 Å². The third-order valence-electron chi connectivity index (χ3n) is 3.90. The molecule has 4 nitrogen and oxygen atoms in total. The second-order valence-electron chi connectivity index (χ2n) is 5.53. The largest absolute Gasteiger partial charge is 0.481 e. The molecule has 1 aromatic heterocycles. The van der Waals surface area contributed by atoms with Crippen molar-refractivity contribution in [3.05, 3.63) is 35.5 Å². The van der Waals surface area contributed by atoms with Crippen LogP contribution in [0.2, 0.25) is 0 Å². The molecule has 0 bridgehead atoms. The summed E-state index contributed by atoms with van der Waals surface area (Å²) >= 11 is 1.42. The molecule has 2 aromatic rings. The zero-order valence-electron chi connectivity index (χ0n) is 11.5. The van der Waals surface area contributed by atoms with E-state index in [-0.39, 0.29) is 5.82 Å². The minimum atomic E-state index is -0.782. The Labute approximate surface area is 125 Å². The van der Waals surface area contributed by atoms with Gasteiger partial charge in [-0.05, 0) is 25.5 Å². The zero-order valence-corrected chi connectivity index (χ0v) is 12.4. The molecule has 1 fully saturated rings. The van der Waals surface area contributed by atoms with Gasteiger partial charge >= 0.3 is 5.97 Å². The Morgan fingerprint density at radius 2 is 2.24 bits per heavy atom. The predicted octanol–water partition coefficient (Wildman–Crippen LogP) is 3.25. The van der Waals surface area contributed by atoms with Crippen LogP contribution >= 0.6 is 11.3 Å². The SMILES string of the molecule is CC1(C(=O)O)CCN(c2nc(-c3ccccc3F)cs2)C1. The Morgan fingerprint density at radius 1 is 1.48 bits per heavy atom. The number of hydrogen-bond acceptors (Lipinski definition) is 4. The van der Waals surface area contributed by atoms with E-state index in [2.05, 4.69) is 4.98 Å². The van der Waals surface area contributed by atoms with Crippen molar-refractivity contribution in [2.45, 2.75) is 13.3 Å². The lowest BCUT2D eigenvalue weighted by Crippen LogP contribution is -2.31. The Bertz CT molecular complexity index is 688. The molecule has 6 heteroatoms. The van der Waals surface area contributed by atoms with Crippen molar-refractivity contribution in [2.75, 3.05) is 18.0 Å². The van der Waals surface area contributed by atoms with Crippen LogP contribution in [-0.4, -0.2) is 29.1 Å². The summed E-state index contributed by atoms with van der Waals surface area (Å²) in [4.78, 5) is 17.7. The molecule has 1 saturated heterocycles. The first-order chi connectivity index (χ1) is 9.99. The van der Waals surface area contributed by atoms with Gasteiger partial charge in [0.25, 0.3) is 0 Å². The second kappa shape index (κ2) is 5.11. The van der Waals surface area contributed by atoms with E-state index in [0.717, 1.165) is 5.13 Å². The summed E-state index contributed by atoms with van der Waals surface area (Å²) in [6.07, 6.45) is 0.594. The molecule has 0 amide bonds. The number of aromatic nitrogens is 1. The van der Waals surface area contributed by atoms with Crippen LogP contribution in [0.4, 0.5) is 9.52 Å². The molecule has 110 valence electrons. The minimum absolute atomic E-state index is 0.300. The molecule has 1 aliphatic rings. The lowest BCUT2D eigenvalue weighted by molar-refractivity contribution is -0.146. The molecule has 1 aromatic carbocycles. The third kappa shape index (κ3) is 2.51. The minimum Gasteiger partial charge on any atom is -0.481 e. The molecular formula is C15H15FN2O2S. The van der Waals surface area contributed by atoms with E-state index >= 15 is 0 Å². The van der Waals surface area contributed by atoms with Crippen molar-refractivity contribution in [1.29, 1.82) is 0 Å². The number of halogens is 1. The summed E-state index contributed by atoms with van der Waals surface area (Å²) in [5.41, 5.74) is 0.335. The van der Waals surface area contributed by atoms with Gasteiger partial charge < -0.3 is 10.0 Å². The summed E-state index contributed by atoms with van der Waals surface area (Å²) in [7, 11) is 0. The molecule has 0 aliphatic carbocycles. The molecule has 1 atom stereocenters. The first-order valence-electron chi connectivity index (χ1n) is 6.68. The molecule has 21 heavy (non-hydrogen) atoms. The van der Waals surface area contributed by atoms with Gasteiger partial charge in [-0.25, -0.2) is 9.37 Å². The smallest absolute Gasteiger partial charge is 0.311 e. The van der Waals surface area contributed by atoms with Gasteiger partial charge in [0.1, 0.15) is 5.82 Å². The van der Waals surface area contributed by atoms with Crippen LogP contribution in [0.5, 0.6) is 0 Å². The molecule has 1 N–H and O–H groups in total. The van der Waals surface area contributed by atoms with Crippen LogP contribution < -0.4 is 4.90 Å². The van der Waals surface area contributed by atoms with Gasteiger partial charge in [-0.1, -0.05) is 12.1 Å². The van der Waals surface area contributed by atoms with Crippen molar-refractivity contribution < 1.29 is 14.3 Å². The number of anilines is 1. The average Bonchev–Trinajstić information content (AvgIpc) is 3.07. The average molecular weight is 306 g/mol. The van der Waals surface area contributed by atoms with Gasteiger partial charge in [-0.15, -0.1) is 11.3 Å². The third-order valence-corrected chi connectivity index (χ3v) is 4.80. The van der Waals surface area contributed by atoms with E-state index in [1.807, 2.05) is 10.3 Å². The number of carboxylic acids is 1. The molecule has 0 spiro atoms. The van der Waals surface area contributed by atoms with E-state index in [9.17, 15) is 14.3 Å². The maximum Gasteiger partial charge on any atom is 0.311 e. The lowest BCUT2D eigenvalue weighted by Gasteiger charge is -2.19. The van der Waals surface area contributed by atoms with Crippen LogP contribution in [0.15, 0.2) is 29.6 Å². The highest BCUT2D eigenvalue weighted by atomic mass is 32.1. The van der Waals surface area contributed by atoms with Gasteiger partial charge in [0.05, 0.1) is 11.1 Å². The second-order valence-corrected chi connectivity index (χ2v) is 6.37. The molecular weight excluding hydrogens is 291 g/mol. The molecule has 0 saturated carbocycles. The Morgan fingerprint density at radius 3 is 2.90 bits per heavy atom. The Balaban J connectivity index is 1.84. The Kier molecular flexibility index (Phi) is 3.41. The Hall–Kier alpha value is -1.95. The highest BCUT2D eigenvalue weighted by molar-refractivity contribution is 7.14. The predicted molar refractivity (Wildman–Crippen MR) is 80.1 cm³/mol. The maximum absolute atomic E-state index is 13.8. The first kappa shape index (κ1) is 14.0. The van der Waals surface area contributed by atoms with Gasteiger partial charge in [-0.2, -0.15) is 0 Å². The van der Waals surface area contributed by atoms with Crippen molar-refractivity contribution >= 4 is 22.4 Å². The number of nitrogens with zero attached hydrogens (tertiary/aromatic N) is 2. The van der Waals surface area contributed by atoms with Crippen LogP contribution in [0.3, 0.4) is 0 Å². The summed E-state index contributed by atoms with van der Waals surface area (Å²) < 4.78 is 13.8. The molecule has 1 aliphatic heterocycles. The number of rotatable bonds is 3. The highest BCUT2D eigenvalue weighted by Gasteiger charge is 2.41. The van der Waals surface area contributed by atoms with E-state index in [0.29, 0.717) is 30.8 Å². The van der Waals surface area contributed by atoms with Gasteiger partial charge in [0.15, 0.2) is 5.13 Å². The topological polar surface area (TPSA) is 53.4 Å². The van der Waals surface area contributed by atoms with E-state index in [1.165, 1.54) is 17.4 Å². The fourth-order valence-electron chi connectivity index (χ4n) is 2.50. The van der Waals surface area contributed by atoms with Crippen LogP contribution in [-0.2, 0) is 4.79 Å². The van der Waals surface area contributed by atoms with Crippen molar-refractivity contribution in [3.8, 4) is 11.3 Å². The monoisotopic (exact) mass is 306 g/mol. The maximum atomic E-state index is 13.8. The number of benzene rings is 1. The zero-order chi connectivity index (χ0) is 15.0. The first-order valence-corrected chi connectivity index (χ1v) is 7.56. The summed E-state index contributed by atoms with van der Waals surface area (Å²) in [6, 6.07) is 6.52. The molecule has 3 rings (SSSR count). The number of hydrogen-bond donors (Lipinski definition) is 1. The fraction of sp³-hybridized carbons (Fsp3) is 0.333. The number of thiazole rings is 1. The number of carboxylic acid groups (broad SMARTS) is 1. The standard InChI is InChI=1S/C15H15FN2O2S/c1-15(13(19)20)6-7-18(9-15)14-17-12(8-21-14)10-4-2-3-5-11(10)16/h2-5,8H,6-7,9H2,1H3,(H,19,20). The number of carbonyl (C=O) groups is 1. The van der Waals surface area contributed by atoms with Gasteiger partial charge in [-0.3, -0.25) is 4.79 Å². The summed E-state index contributed by atoms with van der Waals surface area (Å²) in [5.74, 6) is -1.08. The molecule has 0 radical (unpaired) electrons. The molecule has 1 unspecified atom stereocenters.